The van der Waals surface area contributed by atoms with Gasteiger partial charge in [-0.1, -0.05) is 6.07 Å². The Bertz CT molecular complexity index is 593. The molecule has 21 heavy (non-hydrogen) atoms. The van der Waals surface area contributed by atoms with Crippen LogP contribution in [-0.4, -0.2) is 33.8 Å². The number of aromatic nitrogens is 2. The first-order valence-electron chi connectivity index (χ1n) is 7.29. The van der Waals surface area contributed by atoms with Gasteiger partial charge in [-0.05, 0) is 36.3 Å². The van der Waals surface area contributed by atoms with Gasteiger partial charge in [0, 0.05) is 31.2 Å². The Labute approximate surface area is 128 Å². The molecule has 3 heterocycles. The fourth-order valence-electron chi connectivity index (χ4n) is 2.80. The van der Waals surface area contributed by atoms with Crippen LogP contribution in [0.25, 0.3) is 0 Å². The number of likely N-dealkylation sites (tertiary alicyclic amines) is 1. The summed E-state index contributed by atoms with van der Waals surface area (Å²) in [6.07, 6.45) is 6.79. The number of nitrogens with one attached hydrogen (secondary N) is 1. The lowest BCUT2D eigenvalue weighted by atomic mass is 10.2. The lowest BCUT2D eigenvalue weighted by molar-refractivity contribution is 0.194. The van der Waals surface area contributed by atoms with E-state index in [-0.39, 0.29) is 12.1 Å². The smallest absolute Gasteiger partial charge is 0.317 e. The van der Waals surface area contributed by atoms with Crippen LogP contribution >= 0.6 is 11.3 Å². The average Bonchev–Trinajstić information content (AvgIpc) is 3.19. The molecule has 0 radical (unpaired) electrons. The molecule has 2 aromatic rings. The van der Waals surface area contributed by atoms with Gasteiger partial charge in [0.2, 0.25) is 0 Å². The molecule has 0 aromatic carbocycles. The first kappa shape index (κ1) is 14.1. The van der Waals surface area contributed by atoms with Crippen LogP contribution in [0.4, 0.5) is 4.79 Å². The molecule has 6 heteroatoms. The second-order valence-corrected chi connectivity index (χ2v) is 6.35. The summed E-state index contributed by atoms with van der Waals surface area (Å²) in [4.78, 5) is 15.6. The third-order valence-electron chi connectivity index (χ3n) is 3.83. The first-order chi connectivity index (χ1) is 10.2. The molecule has 0 aliphatic carbocycles. The minimum atomic E-state index is 0.0507. The molecule has 1 saturated heterocycles. The van der Waals surface area contributed by atoms with Crippen molar-refractivity contribution >= 4 is 17.4 Å². The summed E-state index contributed by atoms with van der Waals surface area (Å²) in [6, 6.07) is 4.48. The predicted octanol–water partition coefficient (Wildman–Crippen LogP) is 2.57. The van der Waals surface area contributed by atoms with Crippen molar-refractivity contribution in [1.29, 1.82) is 0 Å². The molecule has 0 spiro atoms. The summed E-state index contributed by atoms with van der Waals surface area (Å²) < 4.78 is 1.78. The lowest BCUT2D eigenvalue weighted by Crippen LogP contribution is -2.40. The van der Waals surface area contributed by atoms with Gasteiger partial charge in [0.05, 0.1) is 12.2 Å². The highest BCUT2D eigenvalue weighted by Gasteiger charge is 2.30. The van der Waals surface area contributed by atoms with Crippen LogP contribution in [0.5, 0.6) is 0 Å². The number of amides is 2. The zero-order chi connectivity index (χ0) is 14.7. The largest absolute Gasteiger partial charge is 0.338 e. The van der Waals surface area contributed by atoms with Crippen LogP contribution in [0.1, 0.15) is 29.3 Å². The van der Waals surface area contributed by atoms with Gasteiger partial charge in [0.25, 0.3) is 0 Å². The molecule has 1 aliphatic heterocycles. The van der Waals surface area contributed by atoms with E-state index in [9.17, 15) is 4.79 Å². The number of aryl methyl sites for hydroxylation is 1. The lowest BCUT2D eigenvalue weighted by Gasteiger charge is -2.24. The van der Waals surface area contributed by atoms with E-state index in [4.69, 9.17) is 0 Å². The second-order valence-electron chi connectivity index (χ2n) is 5.37. The van der Waals surface area contributed by atoms with Crippen LogP contribution in [0.3, 0.4) is 0 Å². The maximum absolute atomic E-state index is 12.3. The second kappa shape index (κ2) is 6.30. The summed E-state index contributed by atoms with van der Waals surface area (Å²) in [5.41, 5.74) is 1.15. The van der Waals surface area contributed by atoms with Crippen molar-refractivity contribution in [1.82, 2.24) is 20.0 Å². The number of nitrogens with zero attached hydrogens (tertiary/aromatic N) is 3. The molecule has 2 aromatic heterocycles. The molecule has 2 amide bonds. The quantitative estimate of drug-likeness (QED) is 0.944. The monoisotopic (exact) mass is 304 g/mol. The summed E-state index contributed by atoms with van der Waals surface area (Å²) in [5.74, 6) is 0. The molecule has 112 valence electrons. The highest BCUT2D eigenvalue weighted by Crippen LogP contribution is 2.34. The predicted molar refractivity (Wildman–Crippen MR) is 83.3 cm³/mol. The standard InChI is InChI=1S/C15H20N4OS/c1-18-11-12(10-17-18)6-7-16-15(20)19-8-2-4-13(19)14-5-3-9-21-14/h3,5,9-11,13H,2,4,6-8H2,1H3,(H,16,20)/t13-/m0/s1. The fourth-order valence-corrected chi connectivity index (χ4v) is 3.68. The van der Waals surface area contributed by atoms with Crippen LogP contribution < -0.4 is 5.32 Å². The highest BCUT2D eigenvalue weighted by molar-refractivity contribution is 7.10. The SMILES string of the molecule is Cn1cc(CCNC(=O)N2CCC[C@H]2c2cccs2)cn1. The highest BCUT2D eigenvalue weighted by atomic mass is 32.1. The van der Waals surface area contributed by atoms with E-state index < -0.39 is 0 Å². The normalized spacial score (nSPS) is 18.1. The van der Waals surface area contributed by atoms with Crippen LogP contribution in [0, 0.1) is 0 Å². The van der Waals surface area contributed by atoms with Crippen molar-refractivity contribution in [3.63, 3.8) is 0 Å². The van der Waals surface area contributed by atoms with Gasteiger partial charge in [0.15, 0.2) is 0 Å². The number of hydrogen-bond donors (Lipinski definition) is 1. The van der Waals surface area contributed by atoms with Gasteiger partial charge in [-0.3, -0.25) is 4.68 Å². The third-order valence-corrected chi connectivity index (χ3v) is 4.81. The van der Waals surface area contributed by atoms with Crippen LogP contribution in [0.2, 0.25) is 0 Å². The minimum absolute atomic E-state index is 0.0507. The summed E-state index contributed by atoms with van der Waals surface area (Å²) in [5, 5.41) is 9.24. The molecule has 5 nitrogen and oxygen atoms in total. The fraction of sp³-hybridized carbons (Fsp3) is 0.467. The molecule has 1 N–H and O–H groups in total. The summed E-state index contributed by atoms with van der Waals surface area (Å²) >= 11 is 1.73. The molecule has 0 unspecified atom stereocenters. The minimum Gasteiger partial charge on any atom is -0.338 e. The van der Waals surface area contributed by atoms with Crippen LogP contribution in [0.15, 0.2) is 29.9 Å². The Hall–Kier alpha value is -1.82. The van der Waals surface area contributed by atoms with E-state index in [0.29, 0.717) is 6.54 Å². The van der Waals surface area contributed by atoms with Gasteiger partial charge >= 0.3 is 6.03 Å². The van der Waals surface area contributed by atoms with E-state index in [1.807, 2.05) is 24.3 Å². The Morgan fingerprint density at radius 3 is 3.19 bits per heavy atom. The molecular formula is C15H20N4OS. The van der Waals surface area contributed by atoms with Gasteiger partial charge in [0.1, 0.15) is 0 Å². The maximum atomic E-state index is 12.3. The molecule has 1 atom stereocenters. The topological polar surface area (TPSA) is 50.2 Å². The van der Waals surface area contributed by atoms with E-state index in [0.717, 1.165) is 31.4 Å². The summed E-state index contributed by atoms with van der Waals surface area (Å²) in [7, 11) is 1.90. The molecule has 0 saturated carbocycles. The van der Waals surface area contributed by atoms with Crippen LogP contribution in [-0.2, 0) is 13.5 Å². The Morgan fingerprint density at radius 2 is 2.48 bits per heavy atom. The van der Waals surface area contributed by atoms with Crippen molar-refractivity contribution in [3.05, 3.63) is 40.3 Å². The first-order valence-corrected chi connectivity index (χ1v) is 8.17. The zero-order valence-electron chi connectivity index (χ0n) is 12.2. The number of carbonyl (C=O) groups excluding carboxylic acids is 1. The maximum Gasteiger partial charge on any atom is 0.317 e. The van der Waals surface area contributed by atoms with E-state index in [1.54, 1.807) is 16.0 Å². The number of hydrogen-bond acceptors (Lipinski definition) is 3. The summed E-state index contributed by atoms with van der Waals surface area (Å²) in [6.45, 7) is 1.50. The van der Waals surface area contributed by atoms with Crippen molar-refractivity contribution < 1.29 is 4.79 Å². The van der Waals surface area contributed by atoms with E-state index in [1.165, 1.54) is 4.88 Å². The number of thiophene rings is 1. The molecule has 0 bridgehead atoms. The molecule has 1 aliphatic rings. The number of carbonyl (C=O) groups is 1. The third kappa shape index (κ3) is 3.26. The Kier molecular flexibility index (Phi) is 4.24. The Morgan fingerprint density at radius 1 is 1.57 bits per heavy atom. The van der Waals surface area contributed by atoms with Gasteiger partial charge in [-0.25, -0.2) is 4.79 Å². The van der Waals surface area contributed by atoms with Gasteiger partial charge in [-0.2, -0.15) is 5.10 Å². The number of rotatable bonds is 4. The molecule has 3 rings (SSSR count). The van der Waals surface area contributed by atoms with Gasteiger partial charge in [-0.15, -0.1) is 11.3 Å². The molecule has 1 fully saturated rings. The molecular weight excluding hydrogens is 284 g/mol. The van der Waals surface area contributed by atoms with Crippen molar-refractivity contribution in [2.75, 3.05) is 13.1 Å². The number of urea groups is 1. The average molecular weight is 304 g/mol. The van der Waals surface area contributed by atoms with Crippen molar-refractivity contribution in [2.24, 2.45) is 7.05 Å². The van der Waals surface area contributed by atoms with Gasteiger partial charge < -0.3 is 10.2 Å². The Balaban J connectivity index is 1.52. The van der Waals surface area contributed by atoms with Crippen molar-refractivity contribution in [3.8, 4) is 0 Å². The van der Waals surface area contributed by atoms with Crippen molar-refractivity contribution in [2.45, 2.75) is 25.3 Å². The van der Waals surface area contributed by atoms with E-state index in [2.05, 4.69) is 27.9 Å². The van der Waals surface area contributed by atoms with E-state index >= 15 is 0 Å². The zero-order valence-corrected chi connectivity index (χ0v) is 13.0.